The van der Waals surface area contributed by atoms with Gasteiger partial charge in [0.1, 0.15) is 18.3 Å². The molecule has 3 aromatic rings. The van der Waals surface area contributed by atoms with Crippen LogP contribution in [0, 0.1) is 6.92 Å². The zero-order valence-electron chi connectivity index (χ0n) is 23.5. The molecule has 41 heavy (non-hydrogen) atoms. The lowest BCUT2D eigenvalue weighted by Gasteiger charge is -2.32. The van der Waals surface area contributed by atoms with Crippen molar-refractivity contribution < 1.29 is 22.7 Å². The minimum absolute atomic E-state index is 0.0557. The third-order valence-corrected chi connectivity index (χ3v) is 9.38. The van der Waals surface area contributed by atoms with Gasteiger partial charge in [-0.25, -0.2) is 8.42 Å². The molecule has 8 nitrogen and oxygen atoms in total. The number of halogens is 1. The molecule has 1 aliphatic carbocycles. The lowest BCUT2D eigenvalue weighted by molar-refractivity contribution is -0.139. The first-order valence-electron chi connectivity index (χ1n) is 13.7. The summed E-state index contributed by atoms with van der Waals surface area (Å²) in [7, 11) is -2.62. The van der Waals surface area contributed by atoms with Gasteiger partial charge in [0.25, 0.3) is 10.0 Å². The molecular formula is C31H36ClN3O5S. The maximum atomic E-state index is 14.0. The van der Waals surface area contributed by atoms with E-state index in [-0.39, 0.29) is 23.4 Å². The van der Waals surface area contributed by atoms with Gasteiger partial charge in [0.05, 0.1) is 17.7 Å². The molecule has 1 fully saturated rings. The second kappa shape index (κ2) is 13.4. The highest BCUT2D eigenvalue weighted by atomic mass is 35.5. The summed E-state index contributed by atoms with van der Waals surface area (Å²) in [5.74, 6) is -0.247. The number of sulfonamides is 1. The number of rotatable bonds is 11. The number of hydrogen-bond acceptors (Lipinski definition) is 5. The maximum absolute atomic E-state index is 14.0. The normalized spacial score (nSPS) is 14.3. The van der Waals surface area contributed by atoms with Crippen molar-refractivity contribution in [2.45, 2.75) is 63.1 Å². The van der Waals surface area contributed by atoms with E-state index < -0.39 is 28.5 Å². The molecule has 0 heterocycles. The monoisotopic (exact) mass is 597 g/mol. The van der Waals surface area contributed by atoms with Crippen LogP contribution in [0.25, 0.3) is 0 Å². The third-order valence-electron chi connectivity index (χ3n) is 7.36. The fourth-order valence-corrected chi connectivity index (χ4v) is 6.55. The van der Waals surface area contributed by atoms with Crippen molar-refractivity contribution in [1.82, 2.24) is 10.2 Å². The van der Waals surface area contributed by atoms with Crippen LogP contribution in [0.1, 0.15) is 43.7 Å². The summed E-state index contributed by atoms with van der Waals surface area (Å²) >= 11 is 6.21. The first kappa shape index (κ1) is 30.4. The molecule has 1 atom stereocenters. The molecule has 218 valence electrons. The van der Waals surface area contributed by atoms with E-state index in [1.54, 1.807) is 61.5 Å². The van der Waals surface area contributed by atoms with Crippen LogP contribution < -0.4 is 14.4 Å². The average molecular weight is 598 g/mol. The molecule has 0 aliphatic heterocycles. The summed E-state index contributed by atoms with van der Waals surface area (Å²) in [5.41, 5.74) is 1.93. The lowest BCUT2D eigenvalue weighted by Crippen LogP contribution is -2.52. The van der Waals surface area contributed by atoms with E-state index >= 15 is 0 Å². The van der Waals surface area contributed by atoms with Gasteiger partial charge in [0, 0.05) is 17.6 Å². The molecule has 0 radical (unpaired) electrons. The van der Waals surface area contributed by atoms with Crippen LogP contribution in [0.2, 0.25) is 5.02 Å². The second-order valence-electron chi connectivity index (χ2n) is 10.3. The number of hydrogen-bond donors (Lipinski definition) is 1. The number of aryl methyl sites for hydroxylation is 1. The van der Waals surface area contributed by atoms with Crippen LogP contribution in [-0.4, -0.2) is 50.9 Å². The zero-order valence-corrected chi connectivity index (χ0v) is 25.1. The zero-order chi connectivity index (χ0) is 29.6. The number of carbonyl (C=O) groups excluding carboxylic acids is 2. The van der Waals surface area contributed by atoms with Gasteiger partial charge in [-0.15, -0.1) is 0 Å². The molecule has 0 saturated heterocycles. The molecule has 1 unspecified atom stereocenters. The first-order chi connectivity index (χ1) is 19.6. The molecule has 0 aromatic heterocycles. The van der Waals surface area contributed by atoms with Crippen molar-refractivity contribution >= 4 is 39.1 Å². The summed E-state index contributed by atoms with van der Waals surface area (Å²) in [5, 5.41) is 3.57. The quantitative estimate of drug-likeness (QED) is 0.322. The van der Waals surface area contributed by atoms with Crippen LogP contribution >= 0.6 is 11.6 Å². The minimum atomic E-state index is -4.14. The predicted molar refractivity (Wildman–Crippen MR) is 161 cm³/mol. The number of carbonyl (C=O) groups is 2. The van der Waals surface area contributed by atoms with Gasteiger partial charge in [-0.05, 0) is 80.8 Å². The molecule has 2 amide bonds. The number of ether oxygens (including phenoxy) is 1. The van der Waals surface area contributed by atoms with E-state index in [0.717, 1.165) is 41.1 Å². The highest BCUT2D eigenvalue weighted by molar-refractivity contribution is 7.92. The molecule has 0 bridgehead atoms. The van der Waals surface area contributed by atoms with Crippen molar-refractivity contribution in [2.75, 3.05) is 18.0 Å². The summed E-state index contributed by atoms with van der Waals surface area (Å²) in [4.78, 5) is 28.8. The Bertz CT molecular complexity index is 1460. The van der Waals surface area contributed by atoms with Crippen LogP contribution in [0.4, 0.5) is 5.69 Å². The Balaban J connectivity index is 1.69. The van der Waals surface area contributed by atoms with Gasteiger partial charge in [-0.3, -0.25) is 13.9 Å². The largest absolute Gasteiger partial charge is 0.497 e. The lowest BCUT2D eigenvalue weighted by atomic mass is 10.1. The molecule has 4 rings (SSSR count). The molecule has 3 aromatic carbocycles. The Morgan fingerprint density at radius 1 is 1.02 bits per heavy atom. The fraction of sp³-hybridized carbons (Fsp3) is 0.355. The number of nitrogens with zero attached hydrogens (tertiary/aromatic N) is 2. The Morgan fingerprint density at radius 3 is 2.29 bits per heavy atom. The Kier molecular flexibility index (Phi) is 9.94. The molecular weight excluding hydrogens is 562 g/mol. The van der Waals surface area contributed by atoms with E-state index in [9.17, 15) is 18.0 Å². The van der Waals surface area contributed by atoms with Gasteiger partial charge >= 0.3 is 0 Å². The number of anilines is 1. The molecule has 1 aliphatic rings. The number of amides is 2. The summed E-state index contributed by atoms with van der Waals surface area (Å²) in [6.07, 6.45) is 3.91. The van der Waals surface area contributed by atoms with Crippen LogP contribution in [0.5, 0.6) is 5.75 Å². The summed E-state index contributed by atoms with van der Waals surface area (Å²) < 4.78 is 34.2. The van der Waals surface area contributed by atoms with Crippen LogP contribution in [0.3, 0.4) is 0 Å². The van der Waals surface area contributed by atoms with E-state index in [2.05, 4.69) is 5.32 Å². The number of nitrogens with one attached hydrogen (secondary N) is 1. The van der Waals surface area contributed by atoms with Gasteiger partial charge in [-0.2, -0.15) is 0 Å². The molecule has 0 spiro atoms. The maximum Gasteiger partial charge on any atom is 0.264 e. The smallest absolute Gasteiger partial charge is 0.264 e. The number of methoxy groups -OCH3 is 1. The highest BCUT2D eigenvalue weighted by Crippen LogP contribution is 2.27. The SMILES string of the molecule is COc1ccc(N(CC(=O)N(Cc2cccc(Cl)c2)C(C)C(=O)NC2CCCC2)S(=O)(=O)c2ccc(C)cc2)cc1. The molecule has 1 saturated carbocycles. The second-order valence-corrected chi connectivity index (χ2v) is 12.6. The summed E-state index contributed by atoms with van der Waals surface area (Å²) in [6.45, 7) is 3.11. The molecule has 1 N–H and O–H groups in total. The van der Waals surface area contributed by atoms with Gasteiger partial charge in [0.15, 0.2) is 0 Å². The van der Waals surface area contributed by atoms with Gasteiger partial charge in [-0.1, -0.05) is 54.3 Å². The van der Waals surface area contributed by atoms with E-state index in [0.29, 0.717) is 16.5 Å². The number of benzene rings is 3. The van der Waals surface area contributed by atoms with Crippen molar-refractivity contribution in [3.8, 4) is 5.75 Å². The van der Waals surface area contributed by atoms with E-state index in [1.165, 1.54) is 24.1 Å². The van der Waals surface area contributed by atoms with E-state index in [4.69, 9.17) is 16.3 Å². The van der Waals surface area contributed by atoms with E-state index in [1.807, 2.05) is 13.0 Å². The Labute approximate surface area is 247 Å². The van der Waals surface area contributed by atoms with Crippen LogP contribution in [-0.2, 0) is 26.2 Å². The Morgan fingerprint density at radius 2 is 1.68 bits per heavy atom. The van der Waals surface area contributed by atoms with Crippen molar-refractivity contribution in [3.05, 3.63) is 88.9 Å². The van der Waals surface area contributed by atoms with Gasteiger partial charge in [0.2, 0.25) is 11.8 Å². The molecule has 10 heteroatoms. The summed E-state index contributed by atoms with van der Waals surface area (Å²) in [6, 6.07) is 19.2. The van der Waals surface area contributed by atoms with Crippen molar-refractivity contribution in [1.29, 1.82) is 0 Å². The minimum Gasteiger partial charge on any atom is -0.497 e. The topological polar surface area (TPSA) is 96.0 Å². The first-order valence-corrected chi connectivity index (χ1v) is 15.5. The van der Waals surface area contributed by atoms with Crippen molar-refractivity contribution in [3.63, 3.8) is 0 Å². The third kappa shape index (κ3) is 7.59. The standard InChI is InChI=1S/C31H36ClN3O5S/c1-22-11-17-29(18-12-22)41(38,39)35(27-13-15-28(40-3)16-14-27)21-30(36)34(20-24-7-6-8-25(32)19-24)23(2)31(37)33-26-9-4-5-10-26/h6-8,11-19,23,26H,4-5,9-10,20-21H2,1-3H3,(H,33,37). The van der Waals surface area contributed by atoms with Crippen molar-refractivity contribution in [2.24, 2.45) is 0 Å². The highest BCUT2D eigenvalue weighted by Gasteiger charge is 2.33. The predicted octanol–water partition coefficient (Wildman–Crippen LogP) is 5.33. The van der Waals surface area contributed by atoms with Gasteiger partial charge < -0.3 is 15.0 Å². The van der Waals surface area contributed by atoms with Crippen LogP contribution in [0.15, 0.2) is 77.7 Å². The average Bonchev–Trinajstić information content (AvgIpc) is 3.47. The Hall–Kier alpha value is -3.56. The fourth-order valence-electron chi connectivity index (χ4n) is 4.92.